The van der Waals surface area contributed by atoms with Gasteiger partial charge in [-0.25, -0.2) is 4.39 Å². The van der Waals surface area contributed by atoms with Gasteiger partial charge >= 0.3 is 6.18 Å². The van der Waals surface area contributed by atoms with Crippen LogP contribution >= 0.6 is 0 Å². The topological polar surface area (TPSA) is 0 Å². The van der Waals surface area contributed by atoms with Crippen molar-refractivity contribution in [3.05, 3.63) is 35.6 Å². The molecule has 0 spiro atoms. The average molecular weight is 203 g/mol. The molecule has 1 aliphatic rings. The van der Waals surface area contributed by atoms with Gasteiger partial charge in [0.15, 0.2) is 0 Å². The second-order valence-corrected chi connectivity index (χ2v) is 3.51. The Kier molecular flexibility index (Phi) is 1.84. The van der Waals surface area contributed by atoms with E-state index in [2.05, 4.69) is 6.07 Å². The highest BCUT2D eigenvalue weighted by Gasteiger charge is 2.64. The number of hydrogen-bond acceptors (Lipinski definition) is 0. The molecule has 4 heteroatoms. The summed E-state index contributed by atoms with van der Waals surface area (Å²) in [7, 11) is 0. The van der Waals surface area contributed by atoms with E-state index in [9.17, 15) is 17.6 Å². The van der Waals surface area contributed by atoms with Crippen molar-refractivity contribution < 1.29 is 17.6 Å². The predicted octanol–water partition coefficient (Wildman–Crippen LogP) is 3.22. The maximum absolute atomic E-state index is 12.6. The zero-order valence-corrected chi connectivity index (χ0v) is 7.16. The molecule has 0 bridgehead atoms. The molecule has 1 aromatic carbocycles. The average Bonchev–Trinajstić information content (AvgIpc) is 2.84. The lowest BCUT2D eigenvalue weighted by atomic mass is 9.95. The van der Waals surface area contributed by atoms with Gasteiger partial charge in [-0.15, -0.1) is 0 Å². The zero-order valence-electron chi connectivity index (χ0n) is 7.16. The number of hydrogen-bond donors (Lipinski definition) is 0. The molecule has 0 N–H and O–H groups in total. The lowest BCUT2D eigenvalue weighted by Crippen LogP contribution is -2.28. The maximum Gasteiger partial charge on any atom is 0.398 e. The summed E-state index contributed by atoms with van der Waals surface area (Å²) in [6.07, 6.45) is -4.05. The Morgan fingerprint density at radius 3 is 2.21 bits per heavy atom. The van der Waals surface area contributed by atoms with E-state index in [-0.39, 0.29) is 18.4 Å². The molecule has 1 saturated carbocycles. The van der Waals surface area contributed by atoms with Crippen LogP contribution in [0.5, 0.6) is 0 Å². The minimum Gasteiger partial charge on any atom is -0.206 e. The first kappa shape index (κ1) is 9.49. The van der Waals surface area contributed by atoms with E-state index < -0.39 is 17.4 Å². The van der Waals surface area contributed by atoms with Gasteiger partial charge in [-0.1, -0.05) is 6.07 Å². The van der Waals surface area contributed by atoms with Crippen LogP contribution in [-0.4, -0.2) is 6.18 Å². The first-order valence-electron chi connectivity index (χ1n) is 4.20. The molecule has 0 heterocycles. The van der Waals surface area contributed by atoms with E-state index >= 15 is 0 Å². The Labute approximate surface area is 78.5 Å². The molecule has 14 heavy (non-hydrogen) atoms. The molecular formula is C10H7F4. The molecular weight excluding hydrogens is 196 g/mol. The molecule has 75 valence electrons. The predicted molar refractivity (Wildman–Crippen MR) is 42.2 cm³/mol. The summed E-state index contributed by atoms with van der Waals surface area (Å²) in [4.78, 5) is 0. The van der Waals surface area contributed by atoms with Crippen molar-refractivity contribution in [2.75, 3.05) is 0 Å². The minimum atomic E-state index is -4.24. The quantitative estimate of drug-likeness (QED) is 0.615. The van der Waals surface area contributed by atoms with Crippen molar-refractivity contribution in [1.29, 1.82) is 0 Å². The summed E-state index contributed by atoms with van der Waals surface area (Å²) in [5.74, 6) is -0.633. The van der Waals surface area contributed by atoms with Gasteiger partial charge in [-0.2, -0.15) is 13.2 Å². The Morgan fingerprint density at radius 2 is 1.86 bits per heavy atom. The fraction of sp³-hybridized carbons (Fsp3) is 0.400. The molecule has 1 aliphatic carbocycles. The van der Waals surface area contributed by atoms with Crippen LogP contribution in [-0.2, 0) is 5.41 Å². The standard InChI is InChI=1S/C10H7F4/c11-8-3-1-7(2-4-8)9(5-6-9)10(12,13)14/h1-3H,5-6H2. The fourth-order valence-electron chi connectivity index (χ4n) is 1.56. The number of halogens is 4. The lowest BCUT2D eigenvalue weighted by molar-refractivity contribution is -0.160. The summed E-state index contributed by atoms with van der Waals surface area (Å²) < 4.78 is 50.2. The maximum atomic E-state index is 12.6. The summed E-state index contributed by atoms with van der Waals surface area (Å²) in [6, 6.07) is 5.45. The highest BCUT2D eigenvalue weighted by molar-refractivity contribution is 5.33. The minimum absolute atomic E-state index is 0.0932. The molecule has 0 nitrogen and oxygen atoms in total. The highest BCUT2D eigenvalue weighted by Crippen LogP contribution is 2.58. The van der Waals surface area contributed by atoms with Crippen LogP contribution in [0.25, 0.3) is 0 Å². The van der Waals surface area contributed by atoms with Crippen molar-refractivity contribution >= 4 is 0 Å². The largest absolute Gasteiger partial charge is 0.398 e. The van der Waals surface area contributed by atoms with E-state index in [0.29, 0.717) is 0 Å². The molecule has 0 amide bonds. The molecule has 0 aromatic heterocycles. The van der Waals surface area contributed by atoms with E-state index in [1.54, 1.807) is 0 Å². The van der Waals surface area contributed by atoms with Crippen LogP contribution in [0.3, 0.4) is 0 Å². The zero-order chi connectivity index (χ0) is 10.4. The van der Waals surface area contributed by atoms with Gasteiger partial charge < -0.3 is 0 Å². The van der Waals surface area contributed by atoms with Gasteiger partial charge in [0.2, 0.25) is 0 Å². The van der Waals surface area contributed by atoms with E-state index in [4.69, 9.17) is 0 Å². The molecule has 1 radical (unpaired) electrons. The number of alkyl halides is 3. The third kappa shape index (κ3) is 1.29. The van der Waals surface area contributed by atoms with Crippen molar-refractivity contribution in [1.82, 2.24) is 0 Å². The van der Waals surface area contributed by atoms with Crippen LogP contribution < -0.4 is 0 Å². The van der Waals surface area contributed by atoms with E-state index in [0.717, 1.165) is 12.1 Å². The van der Waals surface area contributed by atoms with Crippen LogP contribution in [0.4, 0.5) is 17.6 Å². The van der Waals surface area contributed by atoms with E-state index in [1.165, 1.54) is 6.07 Å². The van der Waals surface area contributed by atoms with Gasteiger partial charge in [0.05, 0.1) is 5.41 Å². The van der Waals surface area contributed by atoms with Crippen molar-refractivity contribution in [3.63, 3.8) is 0 Å². The summed E-state index contributed by atoms with van der Waals surface area (Å²) in [5, 5.41) is 0. The lowest BCUT2D eigenvalue weighted by Gasteiger charge is -2.19. The van der Waals surface area contributed by atoms with Gasteiger partial charge in [-0.05, 0) is 30.5 Å². The smallest absolute Gasteiger partial charge is 0.206 e. The Bertz CT molecular complexity index is 332. The molecule has 1 fully saturated rings. The Balaban J connectivity index is 2.36. The third-order valence-corrected chi connectivity index (χ3v) is 2.62. The van der Waals surface area contributed by atoms with Crippen LogP contribution in [0.15, 0.2) is 18.2 Å². The number of rotatable bonds is 1. The van der Waals surface area contributed by atoms with Gasteiger partial charge in [0.25, 0.3) is 0 Å². The van der Waals surface area contributed by atoms with E-state index in [1.807, 2.05) is 0 Å². The number of benzene rings is 1. The van der Waals surface area contributed by atoms with Gasteiger partial charge in [0.1, 0.15) is 5.82 Å². The summed E-state index contributed by atoms with van der Waals surface area (Å²) in [6.45, 7) is 0. The molecule has 2 rings (SSSR count). The second kappa shape index (κ2) is 2.72. The Hall–Kier alpha value is -1.06. The fourth-order valence-corrected chi connectivity index (χ4v) is 1.56. The summed E-state index contributed by atoms with van der Waals surface area (Å²) in [5.41, 5.74) is -1.61. The van der Waals surface area contributed by atoms with Gasteiger partial charge in [-0.3, -0.25) is 0 Å². The normalized spacial score (nSPS) is 19.4. The molecule has 0 aliphatic heterocycles. The Morgan fingerprint density at radius 1 is 1.21 bits per heavy atom. The first-order valence-corrected chi connectivity index (χ1v) is 4.20. The highest BCUT2D eigenvalue weighted by atomic mass is 19.4. The molecule has 1 aromatic rings. The van der Waals surface area contributed by atoms with Crippen LogP contribution in [0.1, 0.15) is 18.4 Å². The second-order valence-electron chi connectivity index (χ2n) is 3.51. The SMILES string of the molecule is Fc1[c]cc(C2(C(F)(F)F)CC2)cc1. The van der Waals surface area contributed by atoms with Crippen LogP contribution in [0, 0.1) is 11.9 Å². The molecule has 0 atom stereocenters. The van der Waals surface area contributed by atoms with Crippen molar-refractivity contribution in [3.8, 4) is 0 Å². The monoisotopic (exact) mass is 203 g/mol. The third-order valence-electron chi connectivity index (χ3n) is 2.62. The van der Waals surface area contributed by atoms with Gasteiger partial charge in [0, 0.05) is 6.07 Å². The molecule has 0 unspecified atom stereocenters. The summed E-state index contributed by atoms with van der Waals surface area (Å²) >= 11 is 0. The van der Waals surface area contributed by atoms with Crippen molar-refractivity contribution in [2.45, 2.75) is 24.4 Å². The van der Waals surface area contributed by atoms with Crippen LogP contribution in [0.2, 0.25) is 0 Å². The van der Waals surface area contributed by atoms with Crippen molar-refractivity contribution in [2.24, 2.45) is 0 Å². The molecule has 0 saturated heterocycles. The first-order chi connectivity index (χ1) is 6.46.